The van der Waals surface area contributed by atoms with Gasteiger partial charge in [-0.15, -0.1) is 0 Å². The molecule has 0 aromatic heterocycles. The maximum Gasteiger partial charge on any atom is 0.416 e. The molecule has 0 fully saturated rings. The molecule has 0 spiro atoms. The monoisotopic (exact) mass is 411 g/mol. The zero-order chi connectivity index (χ0) is 21.5. The molecule has 29 heavy (non-hydrogen) atoms. The van der Waals surface area contributed by atoms with Crippen LogP contribution in [-0.2, 0) is 12.7 Å². The summed E-state index contributed by atoms with van der Waals surface area (Å²) < 4.78 is 38.2. The van der Waals surface area contributed by atoms with Crippen LogP contribution in [0.25, 0.3) is 0 Å². The standard InChI is InChI=1S/C21H32F3N5/c1-4-5-6-7-8-9-14-26-19-27-18(25)29(20(2,3)28-19)15-16-10-12-17(13-11-16)21(22,23)24/h10-13H,4-9,14-15H2,1-3H3,(H3,25,26,27,28). The zero-order valence-corrected chi connectivity index (χ0v) is 17.5. The van der Waals surface area contributed by atoms with Crippen molar-refractivity contribution in [1.29, 1.82) is 0 Å². The van der Waals surface area contributed by atoms with Gasteiger partial charge in [0.15, 0.2) is 0 Å². The second-order valence-electron chi connectivity index (χ2n) is 7.91. The van der Waals surface area contributed by atoms with E-state index in [1.807, 2.05) is 18.7 Å². The number of aliphatic imine (C=N–C) groups is 2. The summed E-state index contributed by atoms with van der Waals surface area (Å²) in [5.74, 6) is 0.806. The molecular weight excluding hydrogens is 379 g/mol. The Bertz CT molecular complexity index is 708. The molecule has 0 aliphatic carbocycles. The highest BCUT2D eigenvalue weighted by Crippen LogP contribution is 2.29. The lowest BCUT2D eigenvalue weighted by Gasteiger charge is -2.43. The molecule has 1 aliphatic rings. The van der Waals surface area contributed by atoms with E-state index < -0.39 is 17.4 Å². The molecule has 0 saturated heterocycles. The van der Waals surface area contributed by atoms with Gasteiger partial charge in [-0.1, -0.05) is 51.2 Å². The summed E-state index contributed by atoms with van der Waals surface area (Å²) in [5, 5.41) is 3.27. The first-order chi connectivity index (χ1) is 13.6. The largest absolute Gasteiger partial charge is 0.416 e. The SMILES string of the molecule is CCCCCCCCN=C1N=C(N)N(Cc2ccc(C(F)(F)F)cc2)C(C)(C)N1. The fourth-order valence-electron chi connectivity index (χ4n) is 3.24. The van der Waals surface area contributed by atoms with Crippen molar-refractivity contribution in [2.24, 2.45) is 15.7 Å². The molecule has 1 aromatic carbocycles. The number of nitrogens with zero attached hydrogens (tertiary/aromatic N) is 3. The van der Waals surface area contributed by atoms with E-state index in [0.717, 1.165) is 30.5 Å². The van der Waals surface area contributed by atoms with Gasteiger partial charge in [0.25, 0.3) is 0 Å². The van der Waals surface area contributed by atoms with Crippen molar-refractivity contribution in [3.05, 3.63) is 35.4 Å². The van der Waals surface area contributed by atoms with Gasteiger partial charge in [-0.05, 0) is 38.0 Å². The molecule has 0 atom stereocenters. The first kappa shape index (κ1) is 23.0. The van der Waals surface area contributed by atoms with Crippen molar-refractivity contribution in [3.8, 4) is 0 Å². The molecule has 5 nitrogen and oxygen atoms in total. The van der Waals surface area contributed by atoms with Crippen LogP contribution in [-0.4, -0.2) is 29.0 Å². The highest BCUT2D eigenvalue weighted by Gasteiger charge is 2.34. The van der Waals surface area contributed by atoms with Crippen LogP contribution < -0.4 is 11.1 Å². The lowest BCUT2D eigenvalue weighted by molar-refractivity contribution is -0.137. The molecular formula is C21H32F3N5. The van der Waals surface area contributed by atoms with Gasteiger partial charge < -0.3 is 16.0 Å². The average Bonchev–Trinajstić information content (AvgIpc) is 2.63. The van der Waals surface area contributed by atoms with Gasteiger partial charge in [-0.3, -0.25) is 4.99 Å². The molecule has 3 N–H and O–H groups in total. The number of halogens is 3. The Morgan fingerprint density at radius 3 is 2.28 bits per heavy atom. The van der Waals surface area contributed by atoms with E-state index in [0.29, 0.717) is 25.0 Å². The minimum atomic E-state index is -4.34. The lowest BCUT2D eigenvalue weighted by Crippen LogP contribution is -2.63. The Morgan fingerprint density at radius 1 is 1.07 bits per heavy atom. The van der Waals surface area contributed by atoms with Gasteiger partial charge >= 0.3 is 6.18 Å². The number of hydrogen-bond donors (Lipinski definition) is 2. The number of hydrogen-bond acceptors (Lipinski definition) is 3. The highest BCUT2D eigenvalue weighted by molar-refractivity contribution is 5.97. The Labute approximate surface area is 171 Å². The average molecular weight is 412 g/mol. The van der Waals surface area contributed by atoms with Crippen molar-refractivity contribution < 1.29 is 13.2 Å². The number of guanidine groups is 2. The van der Waals surface area contributed by atoms with E-state index in [4.69, 9.17) is 5.73 Å². The quantitative estimate of drug-likeness (QED) is 0.569. The highest BCUT2D eigenvalue weighted by atomic mass is 19.4. The molecule has 2 rings (SSSR count). The van der Waals surface area contributed by atoms with Gasteiger partial charge in [-0.25, -0.2) is 0 Å². The van der Waals surface area contributed by atoms with Crippen LogP contribution in [0.3, 0.4) is 0 Å². The van der Waals surface area contributed by atoms with Crippen LogP contribution in [0.15, 0.2) is 34.3 Å². The minimum absolute atomic E-state index is 0.301. The van der Waals surface area contributed by atoms with Gasteiger partial charge in [0.2, 0.25) is 11.9 Å². The number of rotatable bonds is 9. The molecule has 0 amide bonds. The van der Waals surface area contributed by atoms with Crippen molar-refractivity contribution in [2.75, 3.05) is 6.54 Å². The van der Waals surface area contributed by atoms with Gasteiger partial charge in [0.05, 0.1) is 5.56 Å². The van der Waals surface area contributed by atoms with E-state index in [1.165, 1.54) is 37.8 Å². The number of benzene rings is 1. The van der Waals surface area contributed by atoms with Crippen LogP contribution in [0.5, 0.6) is 0 Å². The number of alkyl halides is 3. The fraction of sp³-hybridized carbons (Fsp3) is 0.619. The summed E-state index contributed by atoms with van der Waals surface area (Å²) in [7, 11) is 0. The summed E-state index contributed by atoms with van der Waals surface area (Å²) in [6.07, 6.45) is 2.83. The molecule has 1 heterocycles. The first-order valence-corrected chi connectivity index (χ1v) is 10.2. The summed E-state index contributed by atoms with van der Waals surface area (Å²) in [6, 6.07) is 5.10. The van der Waals surface area contributed by atoms with E-state index >= 15 is 0 Å². The van der Waals surface area contributed by atoms with E-state index in [1.54, 1.807) is 0 Å². The third kappa shape index (κ3) is 6.94. The van der Waals surface area contributed by atoms with Crippen LogP contribution >= 0.6 is 0 Å². The third-order valence-corrected chi connectivity index (χ3v) is 4.98. The van der Waals surface area contributed by atoms with E-state index in [2.05, 4.69) is 22.2 Å². The van der Waals surface area contributed by atoms with Crippen molar-refractivity contribution in [1.82, 2.24) is 10.2 Å². The summed E-state index contributed by atoms with van der Waals surface area (Å²) in [4.78, 5) is 10.7. The molecule has 162 valence electrons. The second kappa shape index (κ2) is 9.98. The summed E-state index contributed by atoms with van der Waals surface area (Å²) in [6.45, 7) is 7.13. The molecule has 0 radical (unpaired) electrons. The van der Waals surface area contributed by atoms with Gasteiger partial charge in [0, 0.05) is 13.1 Å². The summed E-state index contributed by atoms with van der Waals surface area (Å²) >= 11 is 0. The number of nitrogens with two attached hydrogens (primary N) is 1. The molecule has 8 heteroatoms. The topological polar surface area (TPSA) is 66.0 Å². The fourth-order valence-corrected chi connectivity index (χ4v) is 3.24. The second-order valence-corrected chi connectivity index (χ2v) is 7.91. The van der Waals surface area contributed by atoms with Crippen LogP contribution in [0.2, 0.25) is 0 Å². The predicted molar refractivity (Wildman–Crippen MR) is 112 cm³/mol. The van der Waals surface area contributed by atoms with Crippen molar-refractivity contribution in [3.63, 3.8) is 0 Å². The molecule has 0 saturated carbocycles. The Kier molecular flexibility index (Phi) is 7.93. The number of unbranched alkanes of at least 4 members (excludes halogenated alkanes) is 5. The molecule has 1 aromatic rings. The van der Waals surface area contributed by atoms with Crippen LogP contribution in [0, 0.1) is 0 Å². The Balaban J connectivity index is 1.97. The van der Waals surface area contributed by atoms with Crippen molar-refractivity contribution in [2.45, 2.75) is 77.7 Å². The minimum Gasteiger partial charge on any atom is -0.369 e. The Hall–Kier alpha value is -2.25. The van der Waals surface area contributed by atoms with Crippen molar-refractivity contribution >= 4 is 11.9 Å². The zero-order valence-electron chi connectivity index (χ0n) is 17.5. The van der Waals surface area contributed by atoms with Crippen LogP contribution in [0.4, 0.5) is 13.2 Å². The van der Waals surface area contributed by atoms with E-state index in [9.17, 15) is 13.2 Å². The van der Waals surface area contributed by atoms with E-state index in [-0.39, 0.29) is 0 Å². The summed E-state index contributed by atoms with van der Waals surface area (Å²) in [5.41, 5.74) is 5.65. The number of nitrogens with one attached hydrogen (secondary N) is 1. The molecule has 0 unspecified atom stereocenters. The normalized spacial score (nSPS) is 17.9. The van der Waals surface area contributed by atoms with Gasteiger partial charge in [0.1, 0.15) is 5.66 Å². The van der Waals surface area contributed by atoms with Gasteiger partial charge in [-0.2, -0.15) is 18.2 Å². The molecule has 1 aliphatic heterocycles. The smallest absolute Gasteiger partial charge is 0.369 e. The Morgan fingerprint density at radius 2 is 1.69 bits per heavy atom. The lowest BCUT2D eigenvalue weighted by atomic mass is 10.1. The van der Waals surface area contributed by atoms with Crippen LogP contribution in [0.1, 0.15) is 70.4 Å². The third-order valence-electron chi connectivity index (χ3n) is 4.98. The maximum atomic E-state index is 12.7. The first-order valence-electron chi connectivity index (χ1n) is 10.2. The molecule has 0 bridgehead atoms. The maximum absolute atomic E-state index is 12.7. The predicted octanol–water partition coefficient (Wildman–Crippen LogP) is 4.88.